The molecule has 104 valence electrons. The monoisotopic (exact) mass is 272 g/mol. The van der Waals surface area contributed by atoms with Gasteiger partial charge in [0.1, 0.15) is 0 Å². The Morgan fingerprint density at radius 2 is 1.56 bits per heavy atom. The molecule has 1 heterocycles. The highest BCUT2D eigenvalue weighted by molar-refractivity contribution is 5.86. The van der Waals surface area contributed by atoms with Gasteiger partial charge in [-0.2, -0.15) is 0 Å². The lowest BCUT2D eigenvalue weighted by molar-refractivity contribution is -0.137. The van der Waals surface area contributed by atoms with Gasteiger partial charge in [-0.25, -0.2) is 0 Å². The van der Waals surface area contributed by atoms with Crippen LogP contribution in [-0.2, 0) is 4.79 Å². The largest absolute Gasteiger partial charge is 0.341 e. The molecule has 3 fully saturated rings. The number of fused-ring (bicyclic) bond motifs is 1. The normalized spacial score (nSPS) is 33.9. The quantitative estimate of drug-likeness (QED) is 0.796. The summed E-state index contributed by atoms with van der Waals surface area (Å²) in [5.74, 6) is 1.82. The lowest BCUT2D eigenvalue weighted by atomic mass is 9.81. The van der Waals surface area contributed by atoms with Crippen molar-refractivity contribution in [3.8, 4) is 0 Å². The summed E-state index contributed by atoms with van der Waals surface area (Å²) in [6.07, 6.45) is 9.32. The molecule has 2 aliphatic carbocycles. The molecule has 3 aliphatic rings. The number of nitrogens with zero attached hydrogens (tertiary/aromatic N) is 1. The fourth-order valence-corrected chi connectivity index (χ4v) is 4.11. The Bertz CT molecular complexity index is 303. The van der Waals surface area contributed by atoms with Crippen LogP contribution in [-0.4, -0.2) is 29.4 Å². The van der Waals surface area contributed by atoms with Gasteiger partial charge in [0.05, 0.1) is 5.54 Å². The zero-order chi connectivity index (χ0) is 11.9. The molecule has 1 amide bonds. The van der Waals surface area contributed by atoms with Crippen LogP contribution < -0.4 is 5.73 Å². The second-order valence-corrected chi connectivity index (χ2v) is 6.38. The molecule has 0 aromatic rings. The Morgan fingerprint density at radius 3 is 2.11 bits per heavy atom. The third-order valence-corrected chi connectivity index (χ3v) is 5.19. The maximum absolute atomic E-state index is 12.6. The van der Waals surface area contributed by atoms with Crippen molar-refractivity contribution in [2.45, 2.75) is 56.9 Å². The maximum atomic E-state index is 12.6. The lowest BCUT2D eigenvalue weighted by Gasteiger charge is -2.35. The highest BCUT2D eigenvalue weighted by Gasteiger charge is 2.44. The number of likely N-dealkylation sites (tertiary alicyclic amines) is 1. The van der Waals surface area contributed by atoms with Crippen LogP contribution in [0.1, 0.15) is 51.4 Å². The van der Waals surface area contributed by atoms with E-state index in [0.717, 1.165) is 50.6 Å². The third kappa shape index (κ3) is 2.39. The zero-order valence-corrected chi connectivity index (χ0v) is 11.9. The van der Waals surface area contributed by atoms with E-state index in [4.69, 9.17) is 5.73 Å². The standard InChI is InChI=1S/C14H24N2O.ClH/c15-14(7-2-1-3-8-14)13(17)16-9-11-5-4-6-12(11)10-16;/h11-12H,1-10,15H2;1H. The van der Waals surface area contributed by atoms with E-state index in [-0.39, 0.29) is 18.3 Å². The average molecular weight is 273 g/mol. The van der Waals surface area contributed by atoms with Gasteiger partial charge in [0.25, 0.3) is 0 Å². The van der Waals surface area contributed by atoms with Gasteiger partial charge in [-0.3, -0.25) is 4.79 Å². The summed E-state index contributed by atoms with van der Waals surface area (Å²) in [5, 5.41) is 0. The minimum absolute atomic E-state index is 0. The van der Waals surface area contributed by atoms with E-state index >= 15 is 0 Å². The number of carbonyl (C=O) groups is 1. The molecule has 4 heteroatoms. The van der Waals surface area contributed by atoms with Gasteiger partial charge < -0.3 is 10.6 Å². The molecular weight excluding hydrogens is 248 g/mol. The van der Waals surface area contributed by atoms with Gasteiger partial charge in [0, 0.05) is 13.1 Å². The van der Waals surface area contributed by atoms with E-state index in [2.05, 4.69) is 4.90 Å². The van der Waals surface area contributed by atoms with Crippen molar-refractivity contribution in [2.75, 3.05) is 13.1 Å². The van der Waals surface area contributed by atoms with E-state index in [1.807, 2.05) is 0 Å². The first-order chi connectivity index (χ1) is 8.19. The van der Waals surface area contributed by atoms with Crippen LogP contribution in [0.25, 0.3) is 0 Å². The fourth-order valence-electron chi connectivity index (χ4n) is 4.11. The van der Waals surface area contributed by atoms with E-state index in [1.54, 1.807) is 0 Å². The van der Waals surface area contributed by atoms with Crippen LogP contribution in [0.4, 0.5) is 0 Å². The van der Waals surface area contributed by atoms with E-state index in [9.17, 15) is 4.79 Å². The molecule has 3 rings (SSSR count). The minimum atomic E-state index is -0.517. The summed E-state index contributed by atoms with van der Waals surface area (Å²) in [5.41, 5.74) is 5.82. The summed E-state index contributed by atoms with van der Waals surface area (Å²) >= 11 is 0. The van der Waals surface area contributed by atoms with Crippen LogP contribution in [0.2, 0.25) is 0 Å². The van der Waals surface area contributed by atoms with Gasteiger partial charge in [0.2, 0.25) is 5.91 Å². The molecule has 0 aromatic heterocycles. The van der Waals surface area contributed by atoms with Gasteiger partial charge in [-0.15, -0.1) is 12.4 Å². The van der Waals surface area contributed by atoms with Crippen LogP contribution in [0, 0.1) is 11.8 Å². The molecule has 0 spiro atoms. The number of rotatable bonds is 1. The Balaban J connectivity index is 0.00000120. The van der Waals surface area contributed by atoms with Crippen molar-refractivity contribution < 1.29 is 4.79 Å². The first kappa shape index (κ1) is 14.1. The van der Waals surface area contributed by atoms with Gasteiger partial charge in [-0.1, -0.05) is 25.7 Å². The molecule has 18 heavy (non-hydrogen) atoms. The number of nitrogens with two attached hydrogens (primary N) is 1. The lowest BCUT2D eigenvalue weighted by Crippen LogP contribution is -2.55. The molecule has 2 saturated carbocycles. The molecule has 1 saturated heterocycles. The van der Waals surface area contributed by atoms with Crippen molar-refractivity contribution in [1.82, 2.24) is 4.90 Å². The molecule has 3 nitrogen and oxygen atoms in total. The molecule has 2 N–H and O–H groups in total. The van der Waals surface area contributed by atoms with Gasteiger partial charge in [0.15, 0.2) is 0 Å². The molecule has 0 aromatic carbocycles. The molecule has 0 bridgehead atoms. The van der Waals surface area contributed by atoms with Gasteiger partial charge >= 0.3 is 0 Å². The summed E-state index contributed by atoms with van der Waals surface area (Å²) in [7, 11) is 0. The van der Waals surface area contributed by atoms with E-state index < -0.39 is 5.54 Å². The van der Waals surface area contributed by atoms with E-state index in [0.29, 0.717) is 0 Å². The predicted octanol–water partition coefficient (Wildman–Crippen LogP) is 2.33. The number of hydrogen-bond acceptors (Lipinski definition) is 2. The molecule has 1 aliphatic heterocycles. The topological polar surface area (TPSA) is 46.3 Å². The Labute approximate surface area is 116 Å². The smallest absolute Gasteiger partial charge is 0.242 e. The highest BCUT2D eigenvalue weighted by atomic mass is 35.5. The average Bonchev–Trinajstić information content (AvgIpc) is 2.89. The number of halogens is 1. The molecule has 0 radical (unpaired) electrons. The highest BCUT2D eigenvalue weighted by Crippen LogP contribution is 2.39. The number of hydrogen-bond donors (Lipinski definition) is 1. The van der Waals surface area contributed by atoms with Crippen LogP contribution in [0.5, 0.6) is 0 Å². The van der Waals surface area contributed by atoms with Crippen molar-refractivity contribution in [3.05, 3.63) is 0 Å². The molecule has 2 atom stereocenters. The predicted molar refractivity (Wildman–Crippen MR) is 74.7 cm³/mol. The summed E-state index contributed by atoms with van der Waals surface area (Å²) in [6.45, 7) is 1.98. The Morgan fingerprint density at radius 1 is 1.00 bits per heavy atom. The number of carbonyl (C=O) groups excluding carboxylic acids is 1. The third-order valence-electron chi connectivity index (χ3n) is 5.19. The van der Waals surface area contributed by atoms with Gasteiger partial charge in [-0.05, 0) is 37.5 Å². The molecular formula is C14H25ClN2O. The number of amides is 1. The van der Waals surface area contributed by atoms with E-state index in [1.165, 1.54) is 25.7 Å². The van der Waals surface area contributed by atoms with Crippen molar-refractivity contribution in [3.63, 3.8) is 0 Å². The molecule has 2 unspecified atom stereocenters. The first-order valence-electron chi connectivity index (χ1n) is 7.27. The van der Waals surface area contributed by atoms with Crippen molar-refractivity contribution >= 4 is 18.3 Å². The SMILES string of the molecule is Cl.NC1(C(=O)N2CC3CCCC3C2)CCCCC1. The fraction of sp³-hybridized carbons (Fsp3) is 0.929. The maximum Gasteiger partial charge on any atom is 0.242 e. The first-order valence-corrected chi connectivity index (χ1v) is 7.27. The summed E-state index contributed by atoms with van der Waals surface area (Å²) in [6, 6.07) is 0. The van der Waals surface area contributed by atoms with Crippen LogP contribution >= 0.6 is 12.4 Å². The van der Waals surface area contributed by atoms with Crippen molar-refractivity contribution in [1.29, 1.82) is 0 Å². The zero-order valence-electron chi connectivity index (χ0n) is 11.1. The Kier molecular flexibility index (Phi) is 4.22. The second-order valence-electron chi connectivity index (χ2n) is 6.38. The van der Waals surface area contributed by atoms with Crippen LogP contribution in [0.15, 0.2) is 0 Å². The summed E-state index contributed by atoms with van der Waals surface area (Å²) in [4.78, 5) is 14.6. The second kappa shape index (κ2) is 5.38. The Hall–Kier alpha value is -0.280. The minimum Gasteiger partial charge on any atom is -0.341 e. The summed E-state index contributed by atoms with van der Waals surface area (Å²) < 4.78 is 0. The van der Waals surface area contributed by atoms with Crippen molar-refractivity contribution in [2.24, 2.45) is 17.6 Å². The van der Waals surface area contributed by atoms with Crippen LogP contribution in [0.3, 0.4) is 0 Å².